The monoisotopic (exact) mass is 331 g/mol. The van der Waals surface area contributed by atoms with Gasteiger partial charge in [-0.05, 0) is 44.0 Å². The van der Waals surface area contributed by atoms with Crippen LogP contribution in [0, 0.1) is 0 Å². The molecule has 1 aromatic carbocycles. The molecule has 0 spiro atoms. The van der Waals surface area contributed by atoms with Crippen LogP contribution in [0.1, 0.15) is 68.6 Å². The Labute approximate surface area is 145 Å². The van der Waals surface area contributed by atoms with Crippen LogP contribution in [-0.4, -0.2) is 36.3 Å². The van der Waals surface area contributed by atoms with Gasteiger partial charge in [0, 0.05) is 31.5 Å². The van der Waals surface area contributed by atoms with Gasteiger partial charge in [-0.3, -0.25) is 9.59 Å². The van der Waals surface area contributed by atoms with Crippen LogP contribution in [0.25, 0.3) is 0 Å². The largest absolute Gasteiger partial charge is 0.494 e. The average molecular weight is 331 g/mol. The van der Waals surface area contributed by atoms with Gasteiger partial charge in [0.05, 0.1) is 6.61 Å². The summed E-state index contributed by atoms with van der Waals surface area (Å²) in [5.74, 6) is 0.861. The summed E-state index contributed by atoms with van der Waals surface area (Å²) >= 11 is 0. The van der Waals surface area contributed by atoms with E-state index in [2.05, 4.69) is 0 Å². The number of benzene rings is 1. The highest BCUT2D eigenvalue weighted by molar-refractivity contribution is 5.98. The zero-order valence-electron chi connectivity index (χ0n) is 14.9. The van der Waals surface area contributed by atoms with Gasteiger partial charge in [-0.2, -0.15) is 0 Å². The molecule has 132 valence electrons. The van der Waals surface area contributed by atoms with E-state index in [0.717, 1.165) is 18.6 Å². The lowest BCUT2D eigenvalue weighted by Crippen LogP contribution is -2.36. The summed E-state index contributed by atoms with van der Waals surface area (Å²) < 4.78 is 5.38. The maximum absolute atomic E-state index is 12.4. The van der Waals surface area contributed by atoms with Crippen LogP contribution in [0.5, 0.6) is 5.75 Å². The maximum atomic E-state index is 12.4. The first-order chi connectivity index (χ1) is 11.6. The van der Waals surface area contributed by atoms with Gasteiger partial charge in [0.15, 0.2) is 5.78 Å². The van der Waals surface area contributed by atoms with Gasteiger partial charge in [0.1, 0.15) is 5.75 Å². The molecular formula is C20H29NO3. The van der Waals surface area contributed by atoms with Crippen LogP contribution in [0.3, 0.4) is 0 Å². The van der Waals surface area contributed by atoms with Crippen LogP contribution in [0.4, 0.5) is 0 Å². The molecule has 0 bridgehead atoms. The predicted molar refractivity (Wildman–Crippen MR) is 95.4 cm³/mol. The van der Waals surface area contributed by atoms with Gasteiger partial charge in [-0.1, -0.05) is 25.7 Å². The molecule has 1 amide bonds. The molecule has 0 heterocycles. The average Bonchev–Trinajstić information content (AvgIpc) is 2.89. The molecule has 24 heavy (non-hydrogen) atoms. The summed E-state index contributed by atoms with van der Waals surface area (Å²) in [4.78, 5) is 26.5. The summed E-state index contributed by atoms with van der Waals surface area (Å²) in [6.07, 6.45) is 7.69. The van der Waals surface area contributed by atoms with Crippen molar-refractivity contribution in [2.45, 2.75) is 64.3 Å². The molecule has 0 unspecified atom stereocenters. The van der Waals surface area contributed by atoms with E-state index < -0.39 is 0 Å². The number of carbonyl (C=O) groups excluding carboxylic acids is 2. The number of ketones is 1. The molecule has 1 saturated carbocycles. The minimum atomic E-state index is 0.0145. The lowest BCUT2D eigenvalue weighted by molar-refractivity contribution is -0.132. The molecule has 0 aromatic heterocycles. The van der Waals surface area contributed by atoms with E-state index >= 15 is 0 Å². The van der Waals surface area contributed by atoms with Crippen molar-refractivity contribution in [1.82, 2.24) is 4.90 Å². The number of ether oxygens (including phenoxy) is 1. The molecule has 4 heteroatoms. The molecule has 0 atom stereocenters. The van der Waals surface area contributed by atoms with Crippen molar-refractivity contribution in [1.29, 1.82) is 0 Å². The number of amides is 1. The van der Waals surface area contributed by atoms with Crippen molar-refractivity contribution >= 4 is 11.7 Å². The first kappa shape index (κ1) is 18.5. The Morgan fingerprint density at radius 2 is 1.67 bits per heavy atom. The van der Waals surface area contributed by atoms with Crippen molar-refractivity contribution in [3.63, 3.8) is 0 Å². The fourth-order valence-electron chi connectivity index (χ4n) is 3.29. The zero-order chi connectivity index (χ0) is 17.4. The molecule has 0 radical (unpaired) electrons. The third kappa shape index (κ3) is 5.36. The van der Waals surface area contributed by atoms with Gasteiger partial charge in [0.25, 0.3) is 0 Å². The van der Waals surface area contributed by atoms with E-state index in [1.54, 1.807) is 24.3 Å². The highest BCUT2D eigenvalue weighted by atomic mass is 16.5. The highest BCUT2D eigenvalue weighted by Gasteiger charge is 2.21. The van der Waals surface area contributed by atoms with Crippen molar-refractivity contribution < 1.29 is 14.3 Å². The SMILES string of the molecule is CCOc1ccc(C(=O)CCC(=O)N(C)C2CCCCCC2)cc1. The van der Waals surface area contributed by atoms with Crippen LogP contribution in [-0.2, 0) is 4.79 Å². The molecular weight excluding hydrogens is 302 g/mol. The lowest BCUT2D eigenvalue weighted by Gasteiger charge is -2.27. The second-order valence-corrected chi connectivity index (χ2v) is 6.53. The van der Waals surface area contributed by atoms with Crippen molar-refractivity contribution in [3.05, 3.63) is 29.8 Å². The lowest BCUT2D eigenvalue weighted by atomic mass is 10.0. The number of hydrogen-bond donors (Lipinski definition) is 0. The molecule has 1 aromatic rings. The van der Waals surface area contributed by atoms with Gasteiger partial charge in [-0.15, -0.1) is 0 Å². The van der Waals surface area contributed by atoms with Crippen LogP contribution >= 0.6 is 0 Å². The Hall–Kier alpha value is -1.84. The Balaban J connectivity index is 1.82. The Morgan fingerprint density at radius 1 is 1.04 bits per heavy atom. The van der Waals surface area contributed by atoms with Crippen molar-refractivity contribution in [3.8, 4) is 5.75 Å². The molecule has 1 aliphatic carbocycles. The fraction of sp³-hybridized carbons (Fsp3) is 0.600. The quantitative estimate of drug-likeness (QED) is 0.555. The number of nitrogens with zero attached hydrogens (tertiary/aromatic N) is 1. The molecule has 0 aliphatic heterocycles. The van der Waals surface area contributed by atoms with E-state index in [0.29, 0.717) is 24.6 Å². The Kier molecular flexibility index (Phi) is 7.29. The smallest absolute Gasteiger partial charge is 0.223 e. The van der Waals surface area contributed by atoms with E-state index in [-0.39, 0.29) is 18.1 Å². The van der Waals surface area contributed by atoms with Crippen LogP contribution in [0.2, 0.25) is 0 Å². The summed E-state index contributed by atoms with van der Waals surface area (Å²) in [7, 11) is 1.89. The minimum Gasteiger partial charge on any atom is -0.494 e. The molecule has 2 rings (SSSR count). The standard InChI is InChI=1S/C20H29NO3/c1-3-24-18-12-10-16(11-13-18)19(22)14-15-20(23)21(2)17-8-6-4-5-7-9-17/h10-13,17H,3-9,14-15H2,1-2H3. The van der Waals surface area contributed by atoms with E-state index in [1.807, 2.05) is 18.9 Å². The zero-order valence-corrected chi connectivity index (χ0v) is 14.9. The summed E-state index contributed by atoms with van der Waals surface area (Å²) in [5, 5.41) is 0. The maximum Gasteiger partial charge on any atom is 0.223 e. The number of carbonyl (C=O) groups is 2. The van der Waals surface area contributed by atoms with Gasteiger partial charge in [-0.25, -0.2) is 0 Å². The molecule has 4 nitrogen and oxygen atoms in total. The van der Waals surface area contributed by atoms with Crippen LogP contribution in [0.15, 0.2) is 24.3 Å². The Bertz CT molecular complexity index is 530. The van der Waals surface area contributed by atoms with Crippen molar-refractivity contribution in [2.24, 2.45) is 0 Å². The normalized spacial score (nSPS) is 15.6. The predicted octanol–water partition coefficient (Wildman–Crippen LogP) is 4.23. The van der Waals surface area contributed by atoms with E-state index in [1.165, 1.54) is 25.7 Å². The van der Waals surface area contributed by atoms with E-state index in [4.69, 9.17) is 4.74 Å². The second kappa shape index (κ2) is 9.45. The fourth-order valence-corrected chi connectivity index (χ4v) is 3.29. The van der Waals surface area contributed by atoms with Gasteiger partial charge < -0.3 is 9.64 Å². The minimum absolute atomic E-state index is 0.0145. The summed E-state index contributed by atoms with van der Waals surface area (Å²) in [5.41, 5.74) is 0.642. The summed E-state index contributed by atoms with van der Waals surface area (Å²) in [6.45, 7) is 2.53. The number of Topliss-reactive ketones (excluding diaryl/α,β-unsaturated/α-hetero) is 1. The highest BCUT2D eigenvalue weighted by Crippen LogP contribution is 2.22. The molecule has 0 N–H and O–H groups in total. The van der Waals surface area contributed by atoms with Crippen molar-refractivity contribution in [2.75, 3.05) is 13.7 Å². The third-order valence-electron chi connectivity index (χ3n) is 4.82. The van der Waals surface area contributed by atoms with Gasteiger partial charge >= 0.3 is 0 Å². The van der Waals surface area contributed by atoms with E-state index in [9.17, 15) is 9.59 Å². The first-order valence-corrected chi connectivity index (χ1v) is 9.13. The molecule has 0 saturated heterocycles. The number of rotatable bonds is 7. The molecule has 1 aliphatic rings. The first-order valence-electron chi connectivity index (χ1n) is 9.13. The Morgan fingerprint density at radius 3 is 2.25 bits per heavy atom. The topological polar surface area (TPSA) is 46.6 Å². The van der Waals surface area contributed by atoms with Gasteiger partial charge in [0.2, 0.25) is 5.91 Å². The second-order valence-electron chi connectivity index (χ2n) is 6.53. The summed E-state index contributed by atoms with van der Waals surface area (Å²) in [6, 6.07) is 7.49. The molecule has 1 fully saturated rings. The van der Waals surface area contributed by atoms with Crippen LogP contribution < -0.4 is 4.74 Å². The number of hydrogen-bond acceptors (Lipinski definition) is 3. The third-order valence-corrected chi connectivity index (χ3v) is 4.82.